The van der Waals surface area contributed by atoms with Crippen LogP contribution in [0.25, 0.3) is 0 Å². The number of fused-ring (bicyclic) bond motifs is 2. The minimum Gasteiger partial charge on any atom is -0.450 e. The molecule has 4 aromatic rings. The van der Waals surface area contributed by atoms with Gasteiger partial charge in [0.05, 0.1) is 36.7 Å². The average Bonchev–Trinajstić information content (AvgIpc) is 4.05. The van der Waals surface area contributed by atoms with Crippen LogP contribution in [-0.2, 0) is 28.5 Å². The number of carbonyl (C=O) groups is 2. The van der Waals surface area contributed by atoms with E-state index >= 15 is 0 Å². The second kappa shape index (κ2) is 21.7. The second-order valence-corrected chi connectivity index (χ2v) is 18.4. The van der Waals surface area contributed by atoms with E-state index in [9.17, 15) is 9.59 Å². The number of carbonyl (C=O) groups excluding carboxylic acids is 2. The van der Waals surface area contributed by atoms with Crippen molar-refractivity contribution in [2.75, 3.05) is 75.5 Å². The monoisotopic (exact) mass is 874 g/mol. The van der Waals surface area contributed by atoms with Crippen molar-refractivity contribution in [3.63, 3.8) is 0 Å². The number of benzene rings is 4. The van der Waals surface area contributed by atoms with Crippen molar-refractivity contribution >= 4 is 23.3 Å². The minimum atomic E-state index is -1.19. The molecule has 0 aliphatic carbocycles. The molecule has 0 spiro atoms. The van der Waals surface area contributed by atoms with Crippen molar-refractivity contribution in [1.82, 2.24) is 9.80 Å². The van der Waals surface area contributed by atoms with Gasteiger partial charge in [-0.05, 0) is 99.1 Å². The quantitative estimate of drug-likeness (QED) is 0.0711. The van der Waals surface area contributed by atoms with Crippen LogP contribution in [0.4, 0.5) is 11.4 Å². The number of ether oxygens (including phenoxy) is 6. The fraction of sp³-hybridized carbons (Fsp3) is 0.500. The first-order valence-corrected chi connectivity index (χ1v) is 23.4. The summed E-state index contributed by atoms with van der Waals surface area (Å²) in [6, 6.07) is 34.3. The van der Waals surface area contributed by atoms with Gasteiger partial charge in [-0.3, -0.25) is 9.80 Å². The number of esters is 2. The SMILES string of the molecule is CC(C)COCC(CN1c2ccccc2OC(OC(=O)C(=O)OC2Oc3ccccc3N(CC(COCC(C)C)N3CCCC3)C2c2ccccc2)C1c1ccccc1)N1CCCC1. The van der Waals surface area contributed by atoms with Crippen molar-refractivity contribution in [2.45, 2.75) is 90.1 Å². The molecule has 0 amide bonds. The molecule has 4 aliphatic heterocycles. The van der Waals surface area contributed by atoms with E-state index < -0.39 is 36.6 Å². The third kappa shape index (κ3) is 11.0. The highest BCUT2D eigenvalue weighted by molar-refractivity contribution is 6.29. The normalized spacial score (nSPS) is 22.1. The molecule has 2 saturated heterocycles. The minimum absolute atomic E-state index is 0.0657. The van der Waals surface area contributed by atoms with Crippen LogP contribution in [0.2, 0.25) is 0 Å². The number of nitrogens with zero attached hydrogens (tertiary/aromatic N) is 4. The van der Waals surface area contributed by atoms with Crippen LogP contribution < -0.4 is 19.3 Å². The van der Waals surface area contributed by atoms with Crippen molar-refractivity contribution in [2.24, 2.45) is 11.8 Å². The Kier molecular flexibility index (Phi) is 15.4. The number of rotatable bonds is 18. The van der Waals surface area contributed by atoms with Crippen LogP contribution in [0.3, 0.4) is 0 Å². The Bertz CT molecular complexity index is 1940. The third-order valence-corrected chi connectivity index (χ3v) is 12.6. The van der Waals surface area contributed by atoms with E-state index in [1.165, 1.54) is 0 Å². The summed E-state index contributed by atoms with van der Waals surface area (Å²) in [5, 5.41) is 0. The summed E-state index contributed by atoms with van der Waals surface area (Å²) in [6.45, 7) is 16.2. The molecule has 342 valence electrons. The molecule has 2 fully saturated rings. The van der Waals surface area contributed by atoms with E-state index in [1.807, 2.05) is 109 Å². The maximum absolute atomic E-state index is 14.3. The standard InChI is InChI=1S/C52H66N4O8/c1-37(2)33-59-35-41(53-27-15-16-28-53)31-55-43-23-11-13-25-45(43)61-51(47(55)39-19-7-5-8-20-39)63-49(57)50(58)64-52-48(40-21-9-6-10-22-40)56(44-24-12-14-26-46(44)62-52)32-42(36-60-34-38(3)4)54-29-17-18-30-54/h5-14,19-26,37-38,41-42,47-48,51-52H,15-18,27-36H2,1-4H3. The van der Waals surface area contributed by atoms with E-state index in [1.54, 1.807) is 0 Å². The Labute approximate surface area is 379 Å². The molecule has 0 aromatic heterocycles. The van der Waals surface area contributed by atoms with Gasteiger partial charge in [-0.2, -0.15) is 0 Å². The van der Waals surface area contributed by atoms with Crippen LogP contribution in [0.15, 0.2) is 109 Å². The maximum Gasteiger partial charge on any atom is 0.420 e. The topological polar surface area (TPSA) is 102 Å². The molecular formula is C52H66N4O8. The number of para-hydroxylation sites is 4. The zero-order chi connectivity index (χ0) is 44.4. The highest BCUT2D eigenvalue weighted by atomic mass is 16.7. The lowest BCUT2D eigenvalue weighted by Gasteiger charge is -2.45. The molecule has 6 unspecified atom stereocenters. The predicted molar refractivity (Wildman–Crippen MR) is 247 cm³/mol. The molecule has 0 saturated carbocycles. The van der Waals surface area contributed by atoms with Crippen LogP contribution >= 0.6 is 0 Å². The summed E-state index contributed by atoms with van der Waals surface area (Å²) in [4.78, 5) is 38.1. The summed E-state index contributed by atoms with van der Waals surface area (Å²) in [5.41, 5.74) is 3.51. The molecule has 0 bridgehead atoms. The van der Waals surface area contributed by atoms with Crippen LogP contribution in [0.1, 0.15) is 76.6 Å². The lowest BCUT2D eigenvalue weighted by molar-refractivity contribution is -0.194. The van der Waals surface area contributed by atoms with Gasteiger partial charge >= 0.3 is 11.9 Å². The molecule has 4 aliphatic rings. The number of hydrogen-bond acceptors (Lipinski definition) is 12. The largest absolute Gasteiger partial charge is 0.450 e. The molecule has 0 N–H and O–H groups in total. The van der Waals surface area contributed by atoms with Gasteiger partial charge in [0, 0.05) is 26.3 Å². The lowest BCUT2D eigenvalue weighted by Crippen LogP contribution is -2.53. The molecule has 12 heteroatoms. The molecule has 12 nitrogen and oxygen atoms in total. The van der Waals surface area contributed by atoms with Gasteiger partial charge in [0.15, 0.2) is 0 Å². The third-order valence-electron chi connectivity index (χ3n) is 12.6. The summed E-state index contributed by atoms with van der Waals surface area (Å²) in [7, 11) is 0. The average molecular weight is 875 g/mol. The predicted octanol–water partition coefficient (Wildman–Crippen LogP) is 8.28. The van der Waals surface area contributed by atoms with Crippen molar-refractivity contribution in [1.29, 1.82) is 0 Å². The number of hydrogen-bond donors (Lipinski definition) is 0. The van der Waals surface area contributed by atoms with Gasteiger partial charge in [-0.1, -0.05) is 113 Å². The van der Waals surface area contributed by atoms with Gasteiger partial charge in [-0.15, -0.1) is 0 Å². The highest BCUT2D eigenvalue weighted by Gasteiger charge is 2.45. The van der Waals surface area contributed by atoms with Crippen LogP contribution in [-0.4, -0.2) is 112 Å². The highest BCUT2D eigenvalue weighted by Crippen LogP contribution is 2.45. The van der Waals surface area contributed by atoms with Crippen LogP contribution in [0.5, 0.6) is 11.5 Å². The Morgan fingerprint density at radius 1 is 0.516 bits per heavy atom. The van der Waals surface area contributed by atoms with E-state index in [4.69, 9.17) is 28.4 Å². The van der Waals surface area contributed by atoms with E-state index in [2.05, 4.69) is 47.3 Å². The molecule has 0 radical (unpaired) electrons. The smallest absolute Gasteiger partial charge is 0.420 e. The summed E-state index contributed by atoms with van der Waals surface area (Å²) < 4.78 is 38.1. The first-order chi connectivity index (χ1) is 31.2. The van der Waals surface area contributed by atoms with E-state index in [-0.39, 0.29) is 12.1 Å². The van der Waals surface area contributed by atoms with E-state index in [0.717, 1.165) is 74.4 Å². The molecule has 8 rings (SSSR count). The molecule has 4 heterocycles. The Morgan fingerprint density at radius 3 is 1.25 bits per heavy atom. The van der Waals surface area contributed by atoms with Crippen molar-refractivity contribution in [3.8, 4) is 11.5 Å². The van der Waals surface area contributed by atoms with Gasteiger partial charge in [0.2, 0.25) is 0 Å². The Balaban J connectivity index is 1.07. The summed E-state index contributed by atoms with van der Waals surface area (Å²) in [6.07, 6.45) is 2.17. The zero-order valence-electron chi connectivity index (χ0n) is 38.0. The van der Waals surface area contributed by atoms with Crippen molar-refractivity contribution < 1.29 is 38.0 Å². The first-order valence-electron chi connectivity index (χ1n) is 23.4. The first kappa shape index (κ1) is 45.4. The summed E-state index contributed by atoms with van der Waals surface area (Å²) >= 11 is 0. The molecule has 4 aromatic carbocycles. The van der Waals surface area contributed by atoms with E-state index in [0.29, 0.717) is 62.9 Å². The van der Waals surface area contributed by atoms with Crippen LogP contribution in [0, 0.1) is 11.8 Å². The Morgan fingerprint density at radius 2 is 0.875 bits per heavy atom. The molecule has 64 heavy (non-hydrogen) atoms. The fourth-order valence-corrected chi connectivity index (χ4v) is 9.54. The zero-order valence-corrected chi connectivity index (χ0v) is 38.0. The van der Waals surface area contributed by atoms with Crippen molar-refractivity contribution in [3.05, 3.63) is 120 Å². The van der Waals surface area contributed by atoms with Gasteiger partial charge < -0.3 is 38.2 Å². The van der Waals surface area contributed by atoms with Gasteiger partial charge in [0.25, 0.3) is 12.6 Å². The fourth-order valence-electron chi connectivity index (χ4n) is 9.54. The lowest BCUT2D eigenvalue weighted by atomic mass is 10.00. The second-order valence-electron chi connectivity index (χ2n) is 18.4. The molecular weight excluding hydrogens is 809 g/mol. The maximum atomic E-state index is 14.3. The Hall–Kier alpha value is -5.14. The summed E-state index contributed by atoms with van der Waals surface area (Å²) in [5.74, 6) is -0.407. The molecule has 6 atom stereocenters. The number of anilines is 2. The van der Waals surface area contributed by atoms with Gasteiger partial charge in [-0.25, -0.2) is 9.59 Å². The van der Waals surface area contributed by atoms with Gasteiger partial charge in [0.1, 0.15) is 23.6 Å². The number of likely N-dealkylation sites (tertiary alicyclic amines) is 2.